The number of rotatable bonds is 2. The van der Waals surface area contributed by atoms with Crippen LogP contribution in [0, 0.1) is 6.92 Å². The molecule has 1 saturated heterocycles. The lowest BCUT2D eigenvalue weighted by molar-refractivity contribution is 0.181. The molecule has 0 aliphatic carbocycles. The summed E-state index contributed by atoms with van der Waals surface area (Å²) in [6.45, 7) is 5.13. The quantitative estimate of drug-likeness (QED) is 0.742. The molecule has 1 amide bonds. The molecule has 1 aromatic rings. The van der Waals surface area contributed by atoms with Gasteiger partial charge in [-0.15, -0.1) is 0 Å². The molecular weight excluding hydrogens is 192 g/mol. The van der Waals surface area contributed by atoms with Crippen LogP contribution in [0.5, 0.6) is 0 Å². The fourth-order valence-corrected chi connectivity index (χ4v) is 1.67. The van der Waals surface area contributed by atoms with Crippen LogP contribution in [-0.4, -0.2) is 24.2 Å². The van der Waals surface area contributed by atoms with E-state index < -0.39 is 0 Å². The molecule has 0 bridgehead atoms. The van der Waals surface area contributed by atoms with Crippen LogP contribution in [-0.2, 0) is 11.2 Å². The number of carbonyl (C=O) groups excluding carboxylic acids is 1. The van der Waals surface area contributed by atoms with E-state index in [0.29, 0.717) is 19.0 Å². The number of aromatic nitrogens is 1. The number of hydrogen-bond donors (Lipinski definition) is 0. The van der Waals surface area contributed by atoms with Gasteiger partial charge in [0.1, 0.15) is 12.4 Å². The number of carbonyl (C=O) groups is 1. The minimum Gasteiger partial charge on any atom is -0.447 e. The van der Waals surface area contributed by atoms with Gasteiger partial charge in [0.15, 0.2) is 0 Å². The van der Waals surface area contributed by atoms with Crippen molar-refractivity contribution < 1.29 is 9.53 Å². The smallest absolute Gasteiger partial charge is 0.415 e. The Morgan fingerprint density at radius 1 is 1.53 bits per heavy atom. The van der Waals surface area contributed by atoms with Gasteiger partial charge in [-0.1, -0.05) is 13.0 Å². The summed E-state index contributed by atoms with van der Waals surface area (Å²) >= 11 is 0. The number of nitrogens with zero attached hydrogens (tertiary/aromatic N) is 2. The van der Waals surface area contributed by atoms with E-state index in [1.165, 1.54) is 0 Å². The average Bonchev–Trinajstić information content (AvgIpc) is 2.65. The molecule has 1 aliphatic heterocycles. The molecule has 15 heavy (non-hydrogen) atoms. The van der Waals surface area contributed by atoms with Crippen LogP contribution >= 0.6 is 0 Å². The number of ether oxygens (including phenoxy) is 1. The van der Waals surface area contributed by atoms with Crippen LogP contribution in [0.3, 0.4) is 0 Å². The first-order valence-electron chi connectivity index (χ1n) is 5.13. The Labute approximate surface area is 88.9 Å². The summed E-state index contributed by atoms with van der Waals surface area (Å²) in [5, 5.41) is 0. The lowest BCUT2D eigenvalue weighted by Crippen LogP contribution is -2.24. The molecule has 1 aromatic heterocycles. The summed E-state index contributed by atoms with van der Waals surface area (Å²) in [4.78, 5) is 17.3. The molecule has 0 aromatic carbocycles. The molecule has 0 N–H and O–H groups in total. The highest BCUT2D eigenvalue weighted by Gasteiger charge is 2.24. The van der Waals surface area contributed by atoms with Gasteiger partial charge >= 0.3 is 6.09 Å². The van der Waals surface area contributed by atoms with Crippen LogP contribution < -0.4 is 4.90 Å². The SMILES string of the molecule is CCc1nc(N2CCOC2=O)ccc1C. The maximum Gasteiger partial charge on any atom is 0.415 e. The predicted molar refractivity (Wildman–Crippen MR) is 57.0 cm³/mol. The summed E-state index contributed by atoms with van der Waals surface area (Å²) in [6.07, 6.45) is 0.580. The van der Waals surface area contributed by atoms with Gasteiger partial charge in [0.05, 0.1) is 6.54 Å². The van der Waals surface area contributed by atoms with Crippen LogP contribution in [0.1, 0.15) is 18.2 Å². The first-order chi connectivity index (χ1) is 7.22. The van der Waals surface area contributed by atoms with Gasteiger partial charge in [-0.25, -0.2) is 9.78 Å². The van der Waals surface area contributed by atoms with E-state index in [4.69, 9.17) is 4.74 Å². The van der Waals surface area contributed by atoms with Crippen LogP contribution in [0.15, 0.2) is 12.1 Å². The van der Waals surface area contributed by atoms with Crippen molar-refractivity contribution in [3.63, 3.8) is 0 Å². The average molecular weight is 206 g/mol. The molecule has 1 aliphatic rings. The van der Waals surface area contributed by atoms with Gasteiger partial charge in [-0.2, -0.15) is 0 Å². The highest BCUT2D eigenvalue weighted by atomic mass is 16.6. The van der Waals surface area contributed by atoms with Crippen LogP contribution in [0.25, 0.3) is 0 Å². The molecule has 4 heteroatoms. The van der Waals surface area contributed by atoms with Crippen molar-refractivity contribution in [2.24, 2.45) is 0 Å². The third-order valence-corrected chi connectivity index (χ3v) is 2.56. The largest absolute Gasteiger partial charge is 0.447 e. The van der Waals surface area contributed by atoms with Crippen LogP contribution in [0.2, 0.25) is 0 Å². The number of amides is 1. The summed E-state index contributed by atoms with van der Waals surface area (Å²) in [5.41, 5.74) is 2.20. The Balaban J connectivity index is 2.32. The van der Waals surface area contributed by atoms with Crippen molar-refractivity contribution in [1.29, 1.82) is 0 Å². The molecule has 0 atom stereocenters. The number of pyridine rings is 1. The van der Waals surface area contributed by atoms with Crippen molar-refractivity contribution in [3.8, 4) is 0 Å². The molecule has 80 valence electrons. The zero-order valence-corrected chi connectivity index (χ0v) is 8.99. The molecule has 4 nitrogen and oxygen atoms in total. The van der Waals surface area contributed by atoms with E-state index in [9.17, 15) is 4.79 Å². The van der Waals surface area contributed by atoms with E-state index in [2.05, 4.69) is 11.9 Å². The minimum absolute atomic E-state index is 0.298. The van der Waals surface area contributed by atoms with Crippen molar-refractivity contribution in [3.05, 3.63) is 23.4 Å². The Morgan fingerprint density at radius 3 is 2.93 bits per heavy atom. The third-order valence-electron chi connectivity index (χ3n) is 2.56. The molecular formula is C11H14N2O2. The summed E-state index contributed by atoms with van der Waals surface area (Å²) in [7, 11) is 0. The lowest BCUT2D eigenvalue weighted by Gasteiger charge is -2.13. The molecule has 0 saturated carbocycles. The second-order valence-electron chi connectivity index (χ2n) is 3.55. The standard InChI is InChI=1S/C11H14N2O2/c1-3-9-8(2)4-5-10(12-9)13-6-7-15-11(13)14/h4-5H,3,6-7H2,1-2H3. The van der Waals surface area contributed by atoms with Gasteiger partial charge < -0.3 is 4.74 Å². The summed E-state index contributed by atoms with van der Waals surface area (Å²) in [5.74, 6) is 0.694. The maximum atomic E-state index is 11.3. The van der Waals surface area contributed by atoms with Gasteiger partial charge in [0.2, 0.25) is 0 Å². The second kappa shape index (κ2) is 3.88. The molecule has 0 unspecified atom stereocenters. The summed E-state index contributed by atoms with van der Waals surface area (Å²) < 4.78 is 4.87. The Hall–Kier alpha value is -1.58. The van der Waals surface area contributed by atoms with Crippen molar-refractivity contribution >= 4 is 11.9 Å². The zero-order chi connectivity index (χ0) is 10.8. The maximum absolute atomic E-state index is 11.3. The zero-order valence-electron chi connectivity index (χ0n) is 8.99. The third kappa shape index (κ3) is 1.79. The Kier molecular flexibility index (Phi) is 2.58. The number of anilines is 1. The molecule has 2 rings (SSSR count). The molecule has 0 spiro atoms. The topological polar surface area (TPSA) is 42.4 Å². The monoisotopic (exact) mass is 206 g/mol. The number of aryl methyl sites for hydroxylation is 2. The summed E-state index contributed by atoms with van der Waals surface area (Å²) in [6, 6.07) is 3.86. The van der Waals surface area contributed by atoms with Gasteiger partial charge in [0.25, 0.3) is 0 Å². The van der Waals surface area contributed by atoms with E-state index in [1.807, 2.05) is 19.1 Å². The fourth-order valence-electron chi connectivity index (χ4n) is 1.67. The normalized spacial score (nSPS) is 15.6. The van der Waals surface area contributed by atoms with E-state index >= 15 is 0 Å². The minimum atomic E-state index is -0.298. The highest BCUT2D eigenvalue weighted by molar-refractivity contribution is 5.88. The van der Waals surface area contributed by atoms with Gasteiger partial charge in [-0.3, -0.25) is 4.90 Å². The highest BCUT2D eigenvalue weighted by Crippen LogP contribution is 2.18. The number of cyclic esters (lactones) is 1. The first-order valence-corrected chi connectivity index (χ1v) is 5.13. The van der Waals surface area contributed by atoms with Crippen molar-refractivity contribution in [1.82, 2.24) is 4.98 Å². The van der Waals surface area contributed by atoms with E-state index in [0.717, 1.165) is 17.7 Å². The Morgan fingerprint density at radius 2 is 2.33 bits per heavy atom. The Bertz CT molecular complexity index is 390. The number of hydrogen-bond acceptors (Lipinski definition) is 3. The van der Waals surface area contributed by atoms with Crippen molar-refractivity contribution in [2.75, 3.05) is 18.1 Å². The van der Waals surface area contributed by atoms with E-state index in [-0.39, 0.29) is 6.09 Å². The predicted octanol–water partition coefficient (Wildman–Crippen LogP) is 1.91. The van der Waals surface area contributed by atoms with Gasteiger partial charge in [-0.05, 0) is 25.0 Å². The van der Waals surface area contributed by atoms with Crippen LogP contribution in [0.4, 0.5) is 10.6 Å². The second-order valence-corrected chi connectivity index (χ2v) is 3.55. The lowest BCUT2D eigenvalue weighted by atomic mass is 10.2. The molecule has 1 fully saturated rings. The first kappa shape index (κ1) is 9.96. The molecule has 0 radical (unpaired) electrons. The fraction of sp³-hybridized carbons (Fsp3) is 0.455. The van der Waals surface area contributed by atoms with Crippen molar-refractivity contribution in [2.45, 2.75) is 20.3 Å². The van der Waals surface area contributed by atoms with Gasteiger partial charge in [0, 0.05) is 5.69 Å². The molecule has 2 heterocycles. The van der Waals surface area contributed by atoms with E-state index in [1.54, 1.807) is 4.90 Å².